The van der Waals surface area contributed by atoms with Crippen molar-refractivity contribution in [2.75, 3.05) is 26.9 Å². The van der Waals surface area contributed by atoms with E-state index in [-0.39, 0.29) is 30.0 Å². The Labute approximate surface area is 193 Å². The van der Waals surface area contributed by atoms with Crippen molar-refractivity contribution in [2.45, 2.75) is 26.0 Å². The summed E-state index contributed by atoms with van der Waals surface area (Å²) < 4.78 is 11.0. The first-order valence-corrected chi connectivity index (χ1v) is 11.1. The maximum Gasteiger partial charge on any atom is 0.256 e. The third-order valence-corrected chi connectivity index (χ3v) is 7.14. The van der Waals surface area contributed by atoms with Crippen molar-refractivity contribution in [1.82, 2.24) is 20.1 Å². The van der Waals surface area contributed by atoms with Crippen LogP contribution in [-0.2, 0) is 22.4 Å². The number of H-pyrrole nitrogens is 2. The minimum absolute atomic E-state index is 0.134. The molecule has 1 saturated heterocycles. The Morgan fingerprint density at radius 1 is 1.34 bits per heavy atom. The number of methoxy groups -OCH3 is 1. The molecule has 0 saturated carbocycles. The summed E-state index contributed by atoms with van der Waals surface area (Å²) in [5, 5.41) is 8.61. The topological polar surface area (TPSA) is 100 Å². The van der Waals surface area contributed by atoms with E-state index in [0.29, 0.717) is 58.4 Å². The van der Waals surface area contributed by atoms with Crippen LogP contribution in [-0.4, -0.2) is 52.9 Å². The van der Waals surface area contributed by atoms with Crippen molar-refractivity contribution in [3.63, 3.8) is 0 Å². The van der Waals surface area contributed by atoms with Gasteiger partial charge in [-0.1, -0.05) is 23.2 Å². The molecule has 5 rings (SSSR count). The van der Waals surface area contributed by atoms with E-state index in [4.69, 9.17) is 32.7 Å². The molecule has 32 heavy (non-hydrogen) atoms. The van der Waals surface area contributed by atoms with E-state index < -0.39 is 0 Å². The zero-order chi connectivity index (χ0) is 22.6. The van der Waals surface area contributed by atoms with Gasteiger partial charge >= 0.3 is 0 Å². The zero-order valence-corrected chi connectivity index (χ0v) is 19.1. The van der Waals surface area contributed by atoms with Crippen molar-refractivity contribution < 1.29 is 14.3 Å². The number of pyridine rings is 1. The highest BCUT2D eigenvalue weighted by molar-refractivity contribution is 6.37. The first-order chi connectivity index (χ1) is 15.4. The quantitative estimate of drug-likeness (QED) is 0.587. The monoisotopic (exact) mass is 476 g/mol. The number of hydrogen-bond donors (Lipinski definition) is 2. The van der Waals surface area contributed by atoms with E-state index in [2.05, 4.69) is 15.2 Å². The predicted octanol–water partition coefficient (Wildman–Crippen LogP) is 3.40. The number of carbonyl (C=O) groups is 1. The summed E-state index contributed by atoms with van der Waals surface area (Å²) in [5.74, 6) is -0.103. The van der Waals surface area contributed by atoms with Gasteiger partial charge in [-0.2, -0.15) is 5.10 Å². The summed E-state index contributed by atoms with van der Waals surface area (Å²) in [5.41, 5.74) is 3.36. The van der Waals surface area contributed by atoms with E-state index in [1.54, 1.807) is 24.3 Å². The normalized spacial score (nSPS) is 17.5. The lowest BCUT2D eigenvalue weighted by Crippen LogP contribution is -2.39. The van der Waals surface area contributed by atoms with E-state index in [9.17, 15) is 9.59 Å². The zero-order valence-electron chi connectivity index (χ0n) is 17.6. The van der Waals surface area contributed by atoms with Crippen LogP contribution in [0.1, 0.15) is 38.8 Å². The fraction of sp³-hybridized carbons (Fsp3) is 0.409. The Morgan fingerprint density at radius 2 is 2.12 bits per heavy atom. The lowest BCUT2D eigenvalue weighted by Gasteiger charge is -2.35. The Bertz CT molecular complexity index is 1280. The number of hydrogen-bond acceptors (Lipinski definition) is 5. The first-order valence-electron chi connectivity index (χ1n) is 10.4. The van der Waals surface area contributed by atoms with Gasteiger partial charge in [0.05, 0.1) is 53.7 Å². The smallest absolute Gasteiger partial charge is 0.256 e. The average Bonchev–Trinajstić information content (AvgIpc) is 3.22. The third kappa shape index (κ3) is 3.33. The SMILES string of the molecule is COC(c1cc(Cl)c2c(c1Cl)C(=O)N(Cc1c(=O)[nH]c(C)c3cn[nH]c13)CC2)C1COC1. The van der Waals surface area contributed by atoms with Crippen molar-refractivity contribution in [1.29, 1.82) is 0 Å². The maximum atomic E-state index is 13.5. The molecule has 4 heterocycles. The van der Waals surface area contributed by atoms with Gasteiger partial charge in [0.2, 0.25) is 0 Å². The molecule has 0 radical (unpaired) electrons. The number of aryl methyl sites for hydroxylation is 1. The van der Waals surface area contributed by atoms with Crippen LogP contribution in [0.15, 0.2) is 17.1 Å². The van der Waals surface area contributed by atoms with Gasteiger partial charge in [-0.05, 0) is 25.0 Å². The van der Waals surface area contributed by atoms with Gasteiger partial charge in [-0.3, -0.25) is 14.7 Å². The molecule has 2 aliphatic heterocycles. The van der Waals surface area contributed by atoms with E-state index >= 15 is 0 Å². The van der Waals surface area contributed by atoms with E-state index in [1.165, 1.54) is 0 Å². The Morgan fingerprint density at radius 3 is 2.81 bits per heavy atom. The van der Waals surface area contributed by atoms with Gasteiger partial charge in [0.15, 0.2) is 0 Å². The number of benzene rings is 1. The van der Waals surface area contributed by atoms with Crippen molar-refractivity contribution in [3.8, 4) is 0 Å². The highest BCUT2D eigenvalue weighted by Gasteiger charge is 2.36. The number of carbonyl (C=O) groups excluding carboxylic acids is 1. The Balaban J connectivity index is 1.54. The summed E-state index contributed by atoms with van der Waals surface area (Å²) in [4.78, 5) is 30.7. The maximum absolute atomic E-state index is 13.5. The minimum Gasteiger partial charge on any atom is -0.380 e. The second-order valence-electron chi connectivity index (χ2n) is 8.26. The van der Waals surface area contributed by atoms with Crippen LogP contribution in [0.2, 0.25) is 10.0 Å². The number of rotatable bonds is 5. The summed E-state index contributed by atoms with van der Waals surface area (Å²) in [6.45, 7) is 3.51. The number of halogens is 2. The summed E-state index contributed by atoms with van der Waals surface area (Å²) in [6, 6.07) is 1.80. The standard InChI is InChI=1S/C22H22Cl2N4O4/c1-10-14-6-25-27-19(14)15(21(29)26-10)7-28-4-3-12-16(23)5-13(18(24)17(12)22(28)30)20(31-2)11-8-32-9-11/h5-6,11,20H,3-4,7-9H2,1-2H3,(H,25,27)(H,26,29). The molecular weight excluding hydrogens is 455 g/mol. The highest BCUT2D eigenvalue weighted by atomic mass is 35.5. The Hall–Kier alpha value is -2.39. The molecule has 2 aromatic heterocycles. The lowest BCUT2D eigenvalue weighted by atomic mass is 9.89. The number of ether oxygens (including phenoxy) is 2. The number of nitrogens with one attached hydrogen (secondary N) is 2. The van der Waals surface area contributed by atoms with Gasteiger partial charge < -0.3 is 19.4 Å². The third-order valence-electron chi connectivity index (χ3n) is 6.40. The molecular formula is C22H22Cl2N4O4. The molecule has 3 aromatic rings. The molecule has 2 aliphatic rings. The first kappa shape index (κ1) is 21.5. The van der Waals surface area contributed by atoms with Gasteiger partial charge in [0.25, 0.3) is 11.5 Å². The van der Waals surface area contributed by atoms with Crippen LogP contribution < -0.4 is 5.56 Å². The molecule has 0 bridgehead atoms. The van der Waals surface area contributed by atoms with Crippen LogP contribution >= 0.6 is 23.2 Å². The van der Waals surface area contributed by atoms with Gasteiger partial charge in [0.1, 0.15) is 0 Å². The highest BCUT2D eigenvalue weighted by Crippen LogP contribution is 2.42. The van der Waals surface area contributed by atoms with Crippen LogP contribution in [0.4, 0.5) is 0 Å². The van der Waals surface area contributed by atoms with Gasteiger partial charge in [0, 0.05) is 41.2 Å². The molecule has 1 atom stereocenters. The van der Waals surface area contributed by atoms with Gasteiger partial charge in [-0.25, -0.2) is 0 Å². The second-order valence-corrected chi connectivity index (χ2v) is 9.05. The molecule has 1 aromatic carbocycles. The number of aromatic amines is 2. The molecule has 0 spiro atoms. The molecule has 1 fully saturated rings. The lowest BCUT2D eigenvalue weighted by molar-refractivity contribution is -0.105. The number of fused-ring (bicyclic) bond motifs is 2. The molecule has 2 N–H and O–H groups in total. The minimum atomic E-state index is -0.313. The van der Waals surface area contributed by atoms with E-state index in [1.807, 2.05) is 6.92 Å². The molecule has 1 unspecified atom stereocenters. The van der Waals surface area contributed by atoms with Gasteiger partial charge in [-0.15, -0.1) is 0 Å². The molecule has 8 nitrogen and oxygen atoms in total. The molecule has 168 valence electrons. The van der Waals surface area contributed by atoms with Crippen molar-refractivity contribution >= 4 is 40.0 Å². The number of aromatic nitrogens is 3. The van der Waals surface area contributed by atoms with Crippen LogP contribution in [0.3, 0.4) is 0 Å². The number of amides is 1. The largest absolute Gasteiger partial charge is 0.380 e. The summed E-state index contributed by atoms with van der Waals surface area (Å²) >= 11 is 13.4. The van der Waals surface area contributed by atoms with Crippen LogP contribution in [0.5, 0.6) is 0 Å². The number of nitrogens with zero attached hydrogens (tertiary/aromatic N) is 2. The van der Waals surface area contributed by atoms with Crippen molar-refractivity contribution in [3.05, 3.63) is 60.6 Å². The molecule has 1 amide bonds. The Kier molecular flexibility index (Phi) is 5.49. The second kappa shape index (κ2) is 8.19. The molecule has 0 aliphatic carbocycles. The predicted molar refractivity (Wildman–Crippen MR) is 120 cm³/mol. The summed E-state index contributed by atoms with van der Waals surface area (Å²) in [7, 11) is 1.61. The van der Waals surface area contributed by atoms with Crippen molar-refractivity contribution in [2.24, 2.45) is 5.92 Å². The average molecular weight is 477 g/mol. The van der Waals surface area contributed by atoms with Crippen LogP contribution in [0, 0.1) is 12.8 Å². The fourth-order valence-electron chi connectivity index (χ4n) is 4.59. The fourth-order valence-corrected chi connectivity index (χ4v) is 5.25. The van der Waals surface area contributed by atoms with Crippen LogP contribution in [0.25, 0.3) is 10.9 Å². The van der Waals surface area contributed by atoms with E-state index in [0.717, 1.165) is 16.6 Å². The summed E-state index contributed by atoms with van der Waals surface area (Å²) in [6.07, 6.45) is 1.89. The molecule has 10 heteroatoms.